The first-order valence-corrected chi connectivity index (χ1v) is 4.27. The van der Waals surface area contributed by atoms with E-state index < -0.39 is 6.10 Å². The fraction of sp³-hybridized carbons (Fsp3) is 1.00. The van der Waals surface area contributed by atoms with E-state index in [1.54, 1.807) is 0 Å². The number of aliphatic hydroxyl groups excluding tert-OH is 1. The van der Waals surface area contributed by atoms with Gasteiger partial charge >= 0.3 is 0 Å². The highest BCUT2D eigenvalue weighted by Gasteiger charge is 2.24. The quantitative estimate of drug-likeness (QED) is 0.608. The van der Waals surface area contributed by atoms with Crippen molar-refractivity contribution in [3.05, 3.63) is 0 Å². The molecule has 0 aromatic rings. The maximum Gasteiger partial charge on any atom is 0.0949 e. The smallest absolute Gasteiger partial charge is 0.0949 e. The topological polar surface area (TPSA) is 55.5 Å². The van der Waals surface area contributed by atoms with Gasteiger partial charge in [-0.2, -0.15) is 0 Å². The molecule has 0 saturated carbocycles. The van der Waals surface area contributed by atoms with Crippen LogP contribution in [-0.4, -0.2) is 30.0 Å². The van der Waals surface area contributed by atoms with Gasteiger partial charge in [-0.3, -0.25) is 0 Å². The average Bonchev–Trinajstić information content (AvgIpc) is 2.05. The number of ether oxygens (including phenoxy) is 1. The number of hydrogen-bond acceptors (Lipinski definition) is 3. The van der Waals surface area contributed by atoms with Crippen LogP contribution in [0.2, 0.25) is 0 Å². The van der Waals surface area contributed by atoms with Gasteiger partial charge < -0.3 is 15.6 Å². The molecule has 0 aromatic carbocycles. The molecule has 0 aromatic heterocycles. The van der Waals surface area contributed by atoms with Crippen LogP contribution in [0.5, 0.6) is 0 Å². The largest absolute Gasteiger partial charge is 0.389 e. The molecule has 0 spiro atoms. The first-order valence-electron chi connectivity index (χ1n) is 4.27. The van der Waals surface area contributed by atoms with Crippen molar-refractivity contribution in [3.8, 4) is 0 Å². The molecule has 3 N–H and O–H groups in total. The van der Waals surface area contributed by atoms with Gasteiger partial charge in [0.15, 0.2) is 0 Å². The Morgan fingerprint density at radius 3 is 2.73 bits per heavy atom. The van der Waals surface area contributed by atoms with Crippen molar-refractivity contribution in [1.29, 1.82) is 0 Å². The fourth-order valence-electron chi connectivity index (χ4n) is 1.37. The third-order valence-corrected chi connectivity index (χ3v) is 2.13. The van der Waals surface area contributed by atoms with Crippen LogP contribution in [0, 0.1) is 0 Å². The second kappa shape index (κ2) is 4.04. The van der Waals surface area contributed by atoms with E-state index in [2.05, 4.69) is 0 Å². The number of aliphatic hydroxyl groups is 1. The first-order chi connectivity index (χ1) is 5.22. The SMILES string of the molecule is CC(N)C(O)C1CCCCO1. The highest BCUT2D eigenvalue weighted by molar-refractivity contribution is 4.78. The van der Waals surface area contributed by atoms with E-state index in [1.165, 1.54) is 0 Å². The molecule has 1 saturated heterocycles. The second-order valence-electron chi connectivity index (χ2n) is 3.25. The van der Waals surface area contributed by atoms with Crippen molar-refractivity contribution in [2.24, 2.45) is 5.73 Å². The molecule has 0 bridgehead atoms. The molecule has 3 nitrogen and oxygen atoms in total. The molecule has 1 aliphatic heterocycles. The highest BCUT2D eigenvalue weighted by atomic mass is 16.5. The van der Waals surface area contributed by atoms with Crippen LogP contribution in [0.15, 0.2) is 0 Å². The predicted molar refractivity (Wildman–Crippen MR) is 43.2 cm³/mol. The standard InChI is InChI=1S/C8H17NO2/c1-6(9)8(10)7-4-2-3-5-11-7/h6-8,10H,2-5,9H2,1H3. The molecular weight excluding hydrogens is 142 g/mol. The van der Waals surface area contributed by atoms with Crippen molar-refractivity contribution in [3.63, 3.8) is 0 Å². The summed E-state index contributed by atoms with van der Waals surface area (Å²) in [6, 6.07) is -0.182. The van der Waals surface area contributed by atoms with Gasteiger partial charge in [0.1, 0.15) is 0 Å². The summed E-state index contributed by atoms with van der Waals surface area (Å²) in [7, 11) is 0. The van der Waals surface area contributed by atoms with Gasteiger partial charge in [-0.15, -0.1) is 0 Å². The lowest BCUT2D eigenvalue weighted by Crippen LogP contribution is -2.43. The molecule has 66 valence electrons. The van der Waals surface area contributed by atoms with Crippen LogP contribution < -0.4 is 5.73 Å². The molecule has 3 unspecified atom stereocenters. The van der Waals surface area contributed by atoms with Gasteiger partial charge in [-0.05, 0) is 26.2 Å². The minimum Gasteiger partial charge on any atom is -0.389 e. The Labute approximate surface area is 67.5 Å². The molecule has 0 radical (unpaired) electrons. The van der Waals surface area contributed by atoms with Crippen molar-refractivity contribution < 1.29 is 9.84 Å². The van der Waals surface area contributed by atoms with Crippen LogP contribution in [0.25, 0.3) is 0 Å². The van der Waals surface area contributed by atoms with Crippen molar-refractivity contribution in [2.45, 2.75) is 44.4 Å². The van der Waals surface area contributed by atoms with Gasteiger partial charge in [0.05, 0.1) is 12.2 Å². The summed E-state index contributed by atoms with van der Waals surface area (Å²) in [4.78, 5) is 0. The lowest BCUT2D eigenvalue weighted by atomic mass is 10.0. The maximum atomic E-state index is 9.50. The average molecular weight is 159 g/mol. The van der Waals surface area contributed by atoms with E-state index in [4.69, 9.17) is 10.5 Å². The number of rotatable bonds is 2. The first kappa shape index (κ1) is 8.97. The Bertz CT molecular complexity index is 111. The normalized spacial score (nSPS) is 31.4. The molecule has 1 aliphatic rings. The molecule has 3 atom stereocenters. The lowest BCUT2D eigenvalue weighted by molar-refractivity contribution is -0.0681. The van der Waals surface area contributed by atoms with Crippen LogP contribution in [0.4, 0.5) is 0 Å². The van der Waals surface area contributed by atoms with E-state index in [-0.39, 0.29) is 12.1 Å². The Hall–Kier alpha value is -0.120. The van der Waals surface area contributed by atoms with Gasteiger partial charge in [0, 0.05) is 12.6 Å². The maximum absolute atomic E-state index is 9.50. The van der Waals surface area contributed by atoms with Crippen molar-refractivity contribution >= 4 is 0 Å². The molecule has 11 heavy (non-hydrogen) atoms. The Kier molecular flexibility index (Phi) is 3.30. The molecule has 1 heterocycles. The minimum atomic E-state index is -0.490. The summed E-state index contributed by atoms with van der Waals surface area (Å²) in [5, 5.41) is 9.50. The van der Waals surface area contributed by atoms with Gasteiger partial charge in [-0.25, -0.2) is 0 Å². The molecular formula is C8H17NO2. The molecule has 3 heteroatoms. The van der Waals surface area contributed by atoms with Gasteiger partial charge in [-0.1, -0.05) is 0 Å². The Morgan fingerprint density at radius 1 is 1.55 bits per heavy atom. The van der Waals surface area contributed by atoms with Crippen molar-refractivity contribution in [1.82, 2.24) is 0 Å². The predicted octanol–water partition coefficient (Wildman–Crippen LogP) is 0.264. The van der Waals surface area contributed by atoms with E-state index in [0.29, 0.717) is 0 Å². The summed E-state index contributed by atoms with van der Waals surface area (Å²) < 4.78 is 5.37. The van der Waals surface area contributed by atoms with Crippen LogP contribution >= 0.6 is 0 Å². The number of hydrogen-bond donors (Lipinski definition) is 2. The fourth-order valence-corrected chi connectivity index (χ4v) is 1.37. The Balaban J connectivity index is 2.32. The molecule has 1 rings (SSSR count). The second-order valence-corrected chi connectivity index (χ2v) is 3.25. The monoisotopic (exact) mass is 159 g/mol. The molecule has 0 aliphatic carbocycles. The molecule has 0 amide bonds. The van der Waals surface area contributed by atoms with E-state index in [1.807, 2.05) is 6.92 Å². The minimum absolute atomic E-state index is 0.0243. The van der Waals surface area contributed by atoms with Crippen LogP contribution in [-0.2, 0) is 4.74 Å². The van der Waals surface area contributed by atoms with Crippen LogP contribution in [0.1, 0.15) is 26.2 Å². The summed E-state index contributed by atoms with van der Waals surface area (Å²) in [6.45, 7) is 2.58. The number of nitrogens with two attached hydrogens (primary N) is 1. The summed E-state index contributed by atoms with van der Waals surface area (Å²) in [5.74, 6) is 0. The van der Waals surface area contributed by atoms with Crippen molar-refractivity contribution in [2.75, 3.05) is 6.61 Å². The van der Waals surface area contributed by atoms with E-state index in [0.717, 1.165) is 25.9 Å². The van der Waals surface area contributed by atoms with Crippen LogP contribution in [0.3, 0.4) is 0 Å². The zero-order valence-corrected chi connectivity index (χ0v) is 6.99. The summed E-state index contributed by atoms with van der Waals surface area (Å²) in [5.41, 5.74) is 5.54. The third-order valence-electron chi connectivity index (χ3n) is 2.13. The highest BCUT2D eigenvalue weighted by Crippen LogP contribution is 2.16. The van der Waals surface area contributed by atoms with E-state index >= 15 is 0 Å². The van der Waals surface area contributed by atoms with Gasteiger partial charge in [0.2, 0.25) is 0 Å². The van der Waals surface area contributed by atoms with E-state index in [9.17, 15) is 5.11 Å². The zero-order chi connectivity index (χ0) is 8.27. The summed E-state index contributed by atoms with van der Waals surface area (Å²) >= 11 is 0. The van der Waals surface area contributed by atoms with Gasteiger partial charge in [0.25, 0.3) is 0 Å². The lowest BCUT2D eigenvalue weighted by Gasteiger charge is -2.28. The third kappa shape index (κ3) is 2.43. The zero-order valence-electron chi connectivity index (χ0n) is 6.99. The Morgan fingerprint density at radius 2 is 2.27 bits per heavy atom. The summed E-state index contributed by atoms with van der Waals surface area (Å²) in [6.07, 6.45) is 2.69. The molecule has 1 fully saturated rings.